The fourth-order valence-electron chi connectivity index (χ4n) is 4.92. The minimum Gasteiger partial charge on any atom is -0.508 e. The Labute approximate surface area is 234 Å². The van der Waals surface area contributed by atoms with Gasteiger partial charge in [0.15, 0.2) is 0 Å². The third-order valence-corrected chi connectivity index (χ3v) is 6.79. The summed E-state index contributed by atoms with van der Waals surface area (Å²) in [5.74, 6) is 0.360. The van der Waals surface area contributed by atoms with Crippen LogP contribution in [0.2, 0.25) is 0 Å². The Kier molecular flexibility index (Phi) is 6.89. The zero-order chi connectivity index (χ0) is 27.3. The number of anilines is 6. The molecule has 0 aliphatic carbocycles. The van der Waals surface area contributed by atoms with E-state index in [0.29, 0.717) is 0 Å². The van der Waals surface area contributed by atoms with Crippen LogP contribution in [0, 0.1) is 0 Å². The van der Waals surface area contributed by atoms with Gasteiger partial charge in [0, 0.05) is 46.3 Å². The number of phenolic OH excluding ortho intramolecular Hbond substituents is 2. The second-order valence-corrected chi connectivity index (χ2v) is 9.48. The quantitative estimate of drug-likeness (QED) is 0.220. The van der Waals surface area contributed by atoms with Gasteiger partial charge in [-0.1, -0.05) is 72.8 Å². The average molecular weight is 521 g/mol. The molecule has 194 valence electrons. The van der Waals surface area contributed by atoms with Crippen molar-refractivity contribution in [2.45, 2.75) is 0 Å². The summed E-state index contributed by atoms with van der Waals surface area (Å²) in [6, 6.07) is 51.8. The summed E-state index contributed by atoms with van der Waals surface area (Å²) in [6.45, 7) is 0. The molecule has 2 N–H and O–H groups in total. The lowest BCUT2D eigenvalue weighted by Gasteiger charge is -2.26. The largest absolute Gasteiger partial charge is 0.508 e. The minimum atomic E-state index is 0.180. The molecule has 6 rings (SSSR count). The van der Waals surface area contributed by atoms with Crippen LogP contribution in [0.25, 0.3) is 11.1 Å². The number of phenols is 2. The molecule has 0 fully saturated rings. The maximum atomic E-state index is 10.1. The van der Waals surface area contributed by atoms with Crippen molar-refractivity contribution in [3.8, 4) is 22.6 Å². The van der Waals surface area contributed by atoms with Crippen LogP contribution in [0.15, 0.2) is 158 Å². The summed E-state index contributed by atoms with van der Waals surface area (Å²) in [4.78, 5) is 4.25. The molecule has 0 aromatic heterocycles. The smallest absolute Gasteiger partial charge is 0.117 e. The molecule has 0 atom stereocenters. The summed E-state index contributed by atoms with van der Waals surface area (Å²) in [5.41, 5.74) is 7.99. The highest BCUT2D eigenvalue weighted by molar-refractivity contribution is 5.81. The lowest BCUT2D eigenvalue weighted by atomic mass is 10.0. The molecule has 0 spiro atoms. The predicted octanol–water partition coefficient (Wildman–Crippen LogP) is 9.70. The fraction of sp³-hybridized carbons (Fsp3) is 0. The van der Waals surface area contributed by atoms with Crippen LogP contribution >= 0.6 is 0 Å². The first-order valence-electron chi connectivity index (χ1n) is 13.1. The molecular formula is C36H28N2O2. The molecule has 0 bridgehead atoms. The molecule has 6 aromatic rings. The summed E-state index contributed by atoms with van der Waals surface area (Å²) >= 11 is 0. The molecule has 0 aliphatic heterocycles. The van der Waals surface area contributed by atoms with Crippen molar-refractivity contribution in [3.63, 3.8) is 0 Å². The highest BCUT2D eigenvalue weighted by Crippen LogP contribution is 2.39. The number of benzene rings is 6. The van der Waals surface area contributed by atoms with Crippen molar-refractivity contribution in [1.82, 2.24) is 0 Å². The van der Waals surface area contributed by atoms with Gasteiger partial charge in [-0.15, -0.1) is 0 Å². The van der Waals surface area contributed by atoms with Crippen LogP contribution in [0.5, 0.6) is 11.5 Å². The van der Waals surface area contributed by atoms with Gasteiger partial charge in [-0.3, -0.25) is 0 Å². The number of para-hydroxylation sites is 2. The Hall–Kier alpha value is -5.48. The van der Waals surface area contributed by atoms with Gasteiger partial charge in [0.05, 0.1) is 0 Å². The Balaban J connectivity index is 1.32. The monoisotopic (exact) mass is 520 g/mol. The predicted molar refractivity (Wildman–Crippen MR) is 165 cm³/mol. The van der Waals surface area contributed by atoms with Gasteiger partial charge >= 0.3 is 0 Å². The van der Waals surface area contributed by atoms with E-state index in [2.05, 4.69) is 102 Å². The lowest BCUT2D eigenvalue weighted by molar-refractivity contribution is 0.475. The van der Waals surface area contributed by atoms with Crippen molar-refractivity contribution < 1.29 is 10.2 Å². The molecule has 4 nitrogen and oxygen atoms in total. The molecule has 4 heteroatoms. The van der Waals surface area contributed by atoms with Crippen LogP contribution in [0.4, 0.5) is 34.1 Å². The molecule has 40 heavy (non-hydrogen) atoms. The van der Waals surface area contributed by atoms with E-state index in [0.717, 1.165) is 45.3 Å². The van der Waals surface area contributed by atoms with E-state index in [1.54, 1.807) is 24.3 Å². The van der Waals surface area contributed by atoms with Crippen LogP contribution < -0.4 is 9.80 Å². The Morgan fingerprint density at radius 1 is 0.300 bits per heavy atom. The highest BCUT2D eigenvalue weighted by Gasteiger charge is 2.15. The summed E-state index contributed by atoms with van der Waals surface area (Å²) in [6.07, 6.45) is 0. The zero-order valence-corrected chi connectivity index (χ0v) is 21.8. The highest BCUT2D eigenvalue weighted by atomic mass is 16.3. The molecule has 0 saturated carbocycles. The van der Waals surface area contributed by atoms with Gasteiger partial charge in [0.2, 0.25) is 0 Å². The number of aromatic hydroxyl groups is 2. The van der Waals surface area contributed by atoms with Gasteiger partial charge in [-0.2, -0.15) is 0 Å². The maximum Gasteiger partial charge on any atom is 0.117 e. The van der Waals surface area contributed by atoms with Gasteiger partial charge in [0.1, 0.15) is 11.5 Å². The second-order valence-electron chi connectivity index (χ2n) is 9.48. The molecular weight excluding hydrogens is 492 g/mol. The van der Waals surface area contributed by atoms with Gasteiger partial charge < -0.3 is 20.0 Å². The van der Waals surface area contributed by atoms with Gasteiger partial charge in [0.25, 0.3) is 0 Å². The van der Waals surface area contributed by atoms with E-state index in [4.69, 9.17) is 0 Å². The number of hydrogen-bond acceptors (Lipinski definition) is 4. The van der Waals surface area contributed by atoms with Crippen molar-refractivity contribution in [2.75, 3.05) is 9.80 Å². The van der Waals surface area contributed by atoms with Crippen LogP contribution in [0.3, 0.4) is 0 Å². The molecule has 0 saturated heterocycles. The molecule has 0 aliphatic rings. The van der Waals surface area contributed by atoms with E-state index >= 15 is 0 Å². The second kappa shape index (κ2) is 11.1. The molecule has 6 aromatic carbocycles. The lowest BCUT2D eigenvalue weighted by Crippen LogP contribution is -2.09. The number of rotatable bonds is 7. The third-order valence-electron chi connectivity index (χ3n) is 6.79. The fourth-order valence-corrected chi connectivity index (χ4v) is 4.92. The molecule has 0 amide bonds. The summed E-state index contributed by atoms with van der Waals surface area (Å²) in [5, 5.41) is 20.3. The van der Waals surface area contributed by atoms with Crippen molar-refractivity contribution in [1.29, 1.82) is 0 Å². The van der Waals surface area contributed by atoms with Gasteiger partial charge in [-0.05, 0) is 83.9 Å². The maximum absolute atomic E-state index is 10.1. The van der Waals surface area contributed by atoms with Gasteiger partial charge in [-0.25, -0.2) is 0 Å². The molecule has 0 unspecified atom stereocenters. The topological polar surface area (TPSA) is 46.9 Å². The molecule has 0 heterocycles. The van der Waals surface area contributed by atoms with Crippen molar-refractivity contribution >= 4 is 34.1 Å². The van der Waals surface area contributed by atoms with Crippen LogP contribution in [-0.4, -0.2) is 10.2 Å². The Morgan fingerprint density at radius 3 is 1.00 bits per heavy atom. The minimum absolute atomic E-state index is 0.180. The SMILES string of the molecule is Oc1cccc(N(c2ccc(-c3ccc(N(c4ccccc4)c4ccccc4)cc3)cc2)c2cccc(O)c2)c1. The first-order valence-corrected chi connectivity index (χ1v) is 13.1. The Bertz CT molecular complexity index is 1620. The normalized spacial score (nSPS) is 10.7. The standard InChI is InChI=1S/C36H28N2O2/c39-35-15-7-13-33(25-35)38(34-14-8-16-36(40)26-34)32-23-19-28(20-24-32)27-17-21-31(22-18-27)37(29-9-3-1-4-10-29)30-11-5-2-6-12-30/h1-26,39-40H. The molecule has 0 radical (unpaired) electrons. The zero-order valence-electron chi connectivity index (χ0n) is 21.8. The van der Waals surface area contributed by atoms with Crippen molar-refractivity contribution in [3.05, 3.63) is 158 Å². The first-order chi connectivity index (χ1) is 19.7. The van der Waals surface area contributed by atoms with Crippen LogP contribution in [0.1, 0.15) is 0 Å². The summed E-state index contributed by atoms with van der Waals surface area (Å²) in [7, 11) is 0. The van der Waals surface area contributed by atoms with E-state index in [9.17, 15) is 10.2 Å². The van der Waals surface area contributed by atoms with E-state index in [1.807, 2.05) is 41.3 Å². The summed E-state index contributed by atoms with van der Waals surface area (Å²) < 4.78 is 0. The van der Waals surface area contributed by atoms with E-state index < -0.39 is 0 Å². The Morgan fingerprint density at radius 2 is 0.625 bits per heavy atom. The van der Waals surface area contributed by atoms with E-state index in [1.165, 1.54) is 0 Å². The number of nitrogens with zero attached hydrogens (tertiary/aromatic N) is 2. The average Bonchev–Trinajstić information content (AvgIpc) is 3.00. The third kappa shape index (κ3) is 5.24. The number of hydrogen-bond donors (Lipinski definition) is 2. The first kappa shape index (κ1) is 24.8. The van der Waals surface area contributed by atoms with E-state index in [-0.39, 0.29) is 11.5 Å². The van der Waals surface area contributed by atoms with Crippen molar-refractivity contribution in [2.24, 2.45) is 0 Å². The van der Waals surface area contributed by atoms with Crippen LogP contribution in [-0.2, 0) is 0 Å².